The highest BCUT2D eigenvalue weighted by atomic mass is 19.4. The van der Waals surface area contributed by atoms with Gasteiger partial charge in [0, 0.05) is 5.92 Å². The molecule has 1 nitrogen and oxygen atoms in total. The minimum absolute atomic E-state index is 0.206. The average Bonchev–Trinajstić information content (AvgIpc) is 2.79. The molecule has 0 saturated heterocycles. The Morgan fingerprint density at radius 1 is 1.27 bits per heavy atom. The third-order valence-corrected chi connectivity index (χ3v) is 4.89. The Kier molecular flexibility index (Phi) is 7.04. The molecule has 1 aliphatic carbocycles. The number of hydrogen-bond acceptors (Lipinski definition) is 1. The Labute approximate surface area is 152 Å². The van der Waals surface area contributed by atoms with Gasteiger partial charge in [-0.25, -0.2) is 4.39 Å². The normalized spacial score (nSPS) is 19.6. The molecule has 2 rings (SSSR count). The fourth-order valence-electron chi connectivity index (χ4n) is 3.31. The molecule has 1 aliphatic rings. The van der Waals surface area contributed by atoms with Gasteiger partial charge < -0.3 is 5.11 Å². The maximum atomic E-state index is 13.4. The zero-order chi connectivity index (χ0) is 19.3. The monoisotopic (exact) mass is 370 g/mol. The van der Waals surface area contributed by atoms with E-state index >= 15 is 0 Å². The summed E-state index contributed by atoms with van der Waals surface area (Å²) in [5.74, 6) is -0.908. The lowest BCUT2D eigenvalue weighted by Crippen LogP contribution is -2.23. The van der Waals surface area contributed by atoms with E-state index < -0.39 is 23.8 Å². The first kappa shape index (κ1) is 20.7. The number of rotatable bonds is 6. The van der Waals surface area contributed by atoms with Crippen LogP contribution in [0.3, 0.4) is 0 Å². The molecule has 1 aromatic carbocycles. The van der Waals surface area contributed by atoms with E-state index in [2.05, 4.69) is 0 Å². The van der Waals surface area contributed by atoms with Crippen molar-refractivity contribution >= 4 is 0 Å². The van der Waals surface area contributed by atoms with E-state index in [0.717, 1.165) is 24.0 Å². The Balaban J connectivity index is 2.16. The van der Waals surface area contributed by atoms with Gasteiger partial charge in [-0.1, -0.05) is 43.2 Å². The molecule has 2 unspecified atom stereocenters. The lowest BCUT2D eigenvalue weighted by atomic mass is 9.90. The zero-order valence-corrected chi connectivity index (χ0v) is 15.2. The summed E-state index contributed by atoms with van der Waals surface area (Å²) >= 11 is 0. The number of benzene rings is 1. The molecule has 0 fully saturated rings. The summed E-state index contributed by atoms with van der Waals surface area (Å²) in [6, 6.07) is 4.53. The first-order valence-electron chi connectivity index (χ1n) is 9.12. The number of hydrogen-bond donors (Lipinski definition) is 1. The fourth-order valence-corrected chi connectivity index (χ4v) is 3.31. The molecule has 26 heavy (non-hydrogen) atoms. The highest BCUT2D eigenvalue weighted by Crippen LogP contribution is 2.35. The van der Waals surface area contributed by atoms with E-state index in [-0.39, 0.29) is 12.2 Å². The highest BCUT2D eigenvalue weighted by molar-refractivity contribution is 5.31. The van der Waals surface area contributed by atoms with Gasteiger partial charge in [-0.15, -0.1) is 0 Å². The smallest absolute Gasteiger partial charge is 0.392 e. The van der Waals surface area contributed by atoms with Gasteiger partial charge in [-0.05, 0) is 56.2 Å². The van der Waals surface area contributed by atoms with Crippen molar-refractivity contribution in [2.45, 2.75) is 64.7 Å². The van der Waals surface area contributed by atoms with Crippen LogP contribution in [-0.4, -0.2) is 17.4 Å². The molecule has 2 atom stereocenters. The lowest BCUT2D eigenvalue weighted by Gasteiger charge is -2.20. The third-order valence-electron chi connectivity index (χ3n) is 4.89. The van der Waals surface area contributed by atoms with E-state index in [1.165, 1.54) is 18.2 Å². The van der Waals surface area contributed by atoms with Crippen LogP contribution in [0, 0.1) is 18.7 Å². The van der Waals surface area contributed by atoms with Crippen LogP contribution >= 0.6 is 0 Å². The van der Waals surface area contributed by atoms with Crippen LogP contribution in [-0.2, 0) is 6.42 Å². The van der Waals surface area contributed by atoms with Gasteiger partial charge in [-0.3, -0.25) is 0 Å². The van der Waals surface area contributed by atoms with Gasteiger partial charge in [0.25, 0.3) is 0 Å². The zero-order valence-electron chi connectivity index (χ0n) is 15.2. The number of aliphatic hydroxyl groups is 1. The Morgan fingerprint density at radius 3 is 2.62 bits per heavy atom. The SMILES string of the molecule is CCCCC1=CC(C(F)(F)F)=CC(C(O)Cc2ccc(F)c(C)c2)CC1. The standard InChI is InChI=1S/C21H26F4O/c1-3-4-5-15-6-8-17(13-18(11-15)21(23,24)25)20(26)12-16-7-9-19(22)14(2)10-16/h7,9-11,13,17,20,26H,3-6,8,12H2,1-2H3. The van der Waals surface area contributed by atoms with Crippen LogP contribution in [0.1, 0.15) is 50.2 Å². The predicted octanol–water partition coefficient (Wildman–Crippen LogP) is 6.05. The number of alkyl halides is 3. The van der Waals surface area contributed by atoms with Crippen LogP contribution in [0.25, 0.3) is 0 Å². The number of unbranched alkanes of at least 4 members (excludes halogenated alkanes) is 1. The molecule has 0 amide bonds. The largest absolute Gasteiger partial charge is 0.416 e. The minimum atomic E-state index is -4.42. The van der Waals surface area contributed by atoms with Gasteiger partial charge in [0.15, 0.2) is 0 Å². The van der Waals surface area contributed by atoms with E-state index in [1.54, 1.807) is 19.1 Å². The summed E-state index contributed by atoms with van der Waals surface area (Å²) in [7, 11) is 0. The van der Waals surface area contributed by atoms with Gasteiger partial charge >= 0.3 is 6.18 Å². The molecule has 144 valence electrons. The van der Waals surface area contributed by atoms with Crippen molar-refractivity contribution in [2.24, 2.45) is 5.92 Å². The molecule has 5 heteroatoms. The van der Waals surface area contributed by atoms with Crippen molar-refractivity contribution in [3.63, 3.8) is 0 Å². The van der Waals surface area contributed by atoms with Crippen LogP contribution in [0.4, 0.5) is 17.6 Å². The first-order chi connectivity index (χ1) is 12.2. The van der Waals surface area contributed by atoms with Crippen molar-refractivity contribution in [3.8, 4) is 0 Å². The number of halogens is 4. The van der Waals surface area contributed by atoms with Crippen LogP contribution in [0.15, 0.2) is 41.5 Å². The fraction of sp³-hybridized carbons (Fsp3) is 0.524. The van der Waals surface area contributed by atoms with Gasteiger partial charge in [0.1, 0.15) is 5.82 Å². The van der Waals surface area contributed by atoms with Crippen molar-refractivity contribution in [2.75, 3.05) is 0 Å². The van der Waals surface area contributed by atoms with Gasteiger partial charge in [-0.2, -0.15) is 13.2 Å². The van der Waals surface area contributed by atoms with E-state index in [0.29, 0.717) is 24.8 Å². The summed E-state index contributed by atoms with van der Waals surface area (Å²) < 4.78 is 53.4. The minimum Gasteiger partial charge on any atom is -0.392 e. The molecule has 0 spiro atoms. The second kappa shape index (κ2) is 8.85. The number of allylic oxidation sites excluding steroid dienone is 3. The number of aryl methyl sites for hydroxylation is 1. The summed E-state index contributed by atoms with van der Waals surface area (Å²) in [6.07, 6.45) is 0.753. The molecule has 0 aliphatic heterocycles. The second-order valence-corrected chi connectivity index (χ2v) is 7.08. The first-order valence-corrected chi connectivity index (χ1v) is 9.12. The molecular weight excluding hydrogens is 344 g/mol. The van der Waals surface area contributed by atoms with E-state index in [1.807, 2.05) is 6.92 Å². The average molecular weight is 370 g/mol. The van der Waals surface area contributed by atoms with Crippen molar-refractivity contribution in [3.05, 3.63) is 58.4 Å². The molecule has 0 bridgehead atoms. The van der Waals surface area contributed by atoms with Crippen molar-refractivity contribution < 1.29 is 22.7 Å². The number of aliphatic hydroxyl groups excluding tert-OH is 1. The van der Waals surface area contributed by atoms with E-state index in [4.69, 9.17) is 0 Å². The molecule has 0 saturated carbocycles. The highest BCUT2D eigenvalue weighted by Gasteiger charge is 2.35. The molecule has 0 aromatic heterocycles. The van der Waals surface area contributed by atoms with Crippen LogP contribution < -0.4 is 0 Å². The van der Waals surface area contributed by atoms with Gasteiger partial charge in [0.2, 0.25) is 0 Å². The topological polar surface area (TPSA) is 20.2 Å². The van der Waals surface area contributed by atoms with Crippen molar-refractivity contribution in [1.82, 2.24) is 0 Å². The molecule has 1 aromatic rings. The summed E-state index contributed by atoms with van der Waals surface area (Å²) in [6.45, 7) is 3.64. The summed E-state index contributed by atoms with van der Waals surface area (Å²) in [4.78, 5) is 0. The Bertz CT molecular complexity index is 673. The maximum Gasteiger partial charge on any atom is 0.416 e. The molecule has 0 heterocycles. The third kappa shape index (κ3) is 5.70. The summed E-state index contributed by atoms with van der Waals surface area (Å²) in [5, 5.41) is 10.5. The molecule has 0 radical (unpaired) electrons. The van der Waals surface area contributed by atoms with Crippen LogP contribution in [0.2, 0.25) is 0 Å². The maximum absolute atomic E-state index is 13.4. The van der Waals surface area contributed by atoms with E-state index in [9.17, 15) is 22.7 Å². The predicted molar refractivity (Wildman–Crippen MR) is 95.3 cm³/mol. The molecule has 1 N–H and O–H groups in total. The summed E-state index contributed by atoms with van der Waals surface area (Å²) in [5.41, 5.74) is 1.32. The van der Waals surface area contributed by atoms with Crippen LogP contribution in [0.5, 0.6) is 0 Å². The Hall–Kier alpha value is -1.62. The lowest BCUT2D eigenvalue weighted by molar-refractivity contribution is -0.0889. The van der Waals surface area contributed by atoms with Crippen molar-refractivity contribution in [1.29, 1.82) is 0 Å². The second-order valence-electron chi connectivity index (χ2n) is 7.08. The molecular formula is C21H26F4O. The van der Waals surface area contributed by atoms with Gasteiger partial charge in [0.05, 0.1) is 11.7 Å². The Morgan fingerprint density at radius 2 is 2.00 bits per heavy atom. The quantitative estimate of drug-likeness (QED) is 0.604.